The normalized spacial score (nSPS) is 11.6. The van der Waals surface area contributed by atoms with Crippen molar-refractivity contribution in [2.24, 2.45) is 0 Å². The van der Waals surface area contributed by atoms with Gasteiger partial charge in [-0.25, -0.2) is 4.39 Å². The highest BCUT2D eigenvalue weighted by Crippen LogP contribution is 2.29. The SMILES string of the molecule is C=C(F)C(=O)N[C@H](C)c1ccc(OC)c(OC)c1. The topological polar surface area (TPSA) is 47.6 Å². The Hall–Kier alpha value is -2.04. The number of methoxy groups -OCH3 is 2. The number of carbonyl (C=O) groups excluding carboxylic acids is 1. The summed E-state index contributed by atoms with van der Waals surface area (Å²) < 4.78 is 22.8. The molecule has 0 aliphatic heterocycles. The molecule has 5 heteroatoms. The van der Waals surface area contributed by atoms with E-state index in [0.717, 1.165) is 5.56 Å². The van der Waals surface area contributed by atoms with E-state index in [-0.39, 0.29) is 6.04 Å². The lowest BCUT2D eigenvalue weighted by atomic mass is 10.1. The summed E-state index contributed by atoms with van der Waals surface area (Å²) in [4.78, 5) is 11.2. The predicted octanol–water partition coefficient (Wildman–Crippen LogP) is 2.36. The van der Waals surface area contributed by atoms with Gasteiger partial charge in [0.05, 0.1) is 20.3 Å². The number of carbonyl (C=O) groups is 1. The highest BCUT2D eigenvalue weighted by molar-refractivity contribution is 5.90. The van der Waals surface area contributed by atoms with Gasteiger partial charge in [0.1, 0.15) is 0 Å². The minimum atomic E-state index is -1.01. The van der Waals surface area contributed by atoms with Gasteiger partial charge in [0.2, 0.25) is 0 Å². The molecular weight excluding hydrogens is 237 g/mol. The lowest BCUT2D eigenvalue weighted by Gasteiger charge is -2.15. The van der Waals surface area contributed by atoms with Crippen LogP contribution in [-0.4, -0.2) is 20.1 Å². The van der Waals surface area contributed by atoms with Gasteiger partial charge in [-0.1, -0.05) is 12.6 Å². The Balaban J connectivity index is 2.89. The van der Waals surface area contributed by atoms with Crippen molar-refractivity contribution in [2.45, 2.75) is 13.0 Å². The van der Waals surface area contributed by atoms with Crippen LogP contribution in [0.25, 0.3) is 0 Å². The predicted molar refractivity (Wildman–Crippen MR) is 66.4 cm³/mol. The van der Waals surface area contributed by atoms with Crippen molar-refractivity contribution in [3.63, 3.8) is 0 Å². The fraction of sp³-hybridized carbons (Fsp3) is 0.308. The Kier molecular flexibility index (Phi) is 4.71. The Morgan fingerprint density at radius 1 is 1.33 bits per heavy atom. The minimum absolute atomic E-state index is 0.357. The Bertz CT molecular complexity index is 460. The Morgan fingerprint density at radius 3 is 2.44 bits per heavy atom. The number of ether oxygens (including phenoxy) is 2. The van der Waals surface area contributed by atoms with Crippen LogP contribution in [-0.2, 0) is 4.79 Å². The molecule has 0 saturated heterocycles. The van der Waals surface area contributed by atoms with E-state index < -0.39 is 11.7 Å². The third-order valence-electron chi connectivity index (χ3n) is 2.50. The van der Waals surface area contributed by atoms with Crippen LogP contribution in [0.5, 0.6) is 11.5 Å². The van der Waals surface area contributed by atoms with E-state index in [4.69, 9.17) is 9.47 Å². The third kappa shape index (κ3) is 3.23. The summed E-state index contributed by atoms with van der Waals surface area (Å²) >= 11 is 0. The van der Waals surface area contributed by atoms with Crippen molar-refractivity contribution in [1.29, 1.82) is 0 Å². The highest BCUT2D eigenvalue weighted by atomic mass is 19.1. The molecule has 1 atom stereocenters. The standard InChI is InChI=1S/C13H16FNO3/c1-8(14)13(16)15-9(2)10-5-6-11(17-3)12(7-10)18-4/h5-7,9H,1H2,2-4H3,(H,15,16)/t9-/m1/s1. The van der Waals surface area contributed by atoms with Gasteiger partial charge >= 0.3 is 0 Å². The molecule has 0 radical (unpaired) electrons. The van der Waals surface area contributed by atoms with Crippen molar-refractivity contribution in [3.8, 4) is 11.5 Å². The largest absolute Gasteiger partial charge is 0.493 e. The van der Waals surface area contributed by atoms with Gasteiger partial charge < -0.3 is 14.8 Å². The molecule has 0 fully saturated rings. The van der Waals surface area contributed by atoms with E-state index in [1.165, 1.54) is 14.2 Å². The molecule has 0 saturated carbocycles. The molecule has 1 amide bonds. The maximum absolute atomic E-state index is 12.6. The number of hydrogen-bond donors (Lipinski definition) is 1. The average Bonchev–Trinajstić information content (AvgIpc) is 2.37. The van der Waals surface area contributed by atoms with Crippen LogP contribution in [0.15, 0.2) is 30.6 Å². The summed E-state index contributed by atoms with van der Waals surface area (Å²) in [6.45, 7) is 4.68. The molecule has 0 bridgehead atoms. The van der Waals surface area contributed by atoms with Crippen LogP contribution < -0.4 is 14.8 Å². The number of amides is 1. The van der Waals surface area contributed by atoms with Crippen LogP contribution in [0.4, 0.5) is 4.39 Å². The van der Waals surface area contributed by atoms with Gasteiger partial charge in [-0.15, -0.1) is 0 Å². The van der Waals surface area contributed by atoms with Gasteiger partial charge in [-0.3, -0.25) is 4.79 Å². The molecule has 18 heavy (non-hydrogen) atoms. The smallest absolute Gasteiger partial charge is 0.279 e. The quantitative estimate of drug-likeness (QED) is 0.819. The molecule has 0 aromatic heterocycles. The number of benzene rings is 1. The maximum Gasteiger partial charge on any atom is 0.279 e. The highest BCUT2D eigenvalue weighted by Gasteiger charge is 2.14. The van der Waals surface area contributed by atoms with Crippen LogP contribution in [0.2, 0.25) is 0 Å². The molecular formula is C13H16FNO3. The van der Waals surface area contributed by atoms with E-state index in [2.05, 4.69) is 11.9 Å². The van der Waals surface area contributed by atoms with E-state index in [0.29, 0.717) is 11.5 Å². The van der Waals surface area contributed by atoms with Gasteiger partial charge in [-0.05, 0) is 24.6 Å². The minimum Gasteiger partial charge on any atom is -0.493 e. The number of hydrogen-bond acceptors (Lipinski definition) is 3. The number of rotatable bonds is 5. The first-order valence-electron chi connectivity index (χ1n) is 5.36. The van der Waals surface area contributed by atoms with Crippen molar-refractivity contribution >= 4 is 5.91 Å². The molecule has 0 unspecified atom stereocenters. The zero-order valence-electron chi connectivity index (χ0n) is 10.6. The first-order valence-corrected chi connectivity index (χ1v) is 5.36. The molecule has 1 aromatic rings. The summed E-state index contributed by atoms with van der Waals surface area (Å²) in [6.07, 6.45) is 0. The summed E-state index contributed by atoms with van der Waals surface area (Å²) in [7, 11) is 3.06. The van der Waals surface area contributed by atoms with Gasteiger partial charge in [0, 0.05) is 0 Å². The van der Waals surface area contributed by atoms with Gasteiger partial charge in [-0.2, -0.15) is 0 Å². The third-order valence-corrected chi connectivity index (χ3v) is 2.50. The Morgan fingerprint density at radius 2 is 1.94 bits per heavy atom. The summed E-state index contributed by atoms with van der Waals surface area (Å²) in [6, 6.07) is 4.86. The zero-order valence-corrected chi connectivity index (χ0v) is 10.6. The average molecular weight is 253 g/mol. The van der Waals surface area contributed by atoms with Gasteiger partial charge in [0.25, 0.3) is 5.91 Å². The monoisotopic (exact) mass is 253 g/mol. The second kappa shape index (κ2) is 6.05. The first-order chi connectivity index (χ1) is 8.49. The second-order valence-corrected chi connectivity index (χ2v) is 3.71. The number of nitrogens with one attached hydrogen (secondary N) is 1. The summed E-state index contributed by atoms with van der Waals surface area (Å²) in [5.41, 5.74) is 0.780. The summed E-state index contributed by atoms with van der Waals surface area (Å²) in [5, 5.41) is 2.47. The van der Waals surface area contributed by atoms with Crippen LogP contribution in [0, 0.1) is 0 Å². The maximum atomic E-state index is 12.6. The van der Waals surface area contributed by atoms with Crippen molar-refractivity contribution in [3.05, 3.63) is 36.2 Å². The van der Waals surface area contributed by atoms with Crippen molar-refractivity contribution in [2.75, 3.05) is 14.2 Å². The zero-order chi connectivity index (χ0) is 13.7. The molecule has 0 aliphatic carbocycles. The molecule has 4 nitrogen and oxygen atoms in total. The Labute approximate surface area is 105 Å². The fourth-order valence-electron chi connectivity index (χ4n) is 1.48. The molecule has 0 heterocycles. The number of halogens is 1. The molecule has 1 N–H and O–H groups in total. The van der Waals surface area contributed by atoms with E-state index in [1.807, 2.05) is 0 Å². The van der Waals surface area contributed by atoms with E-state index in [9.17, 15) is 9.18 Å². The van der Waals surface area contributed by atoms with Crippen LogP contribution in [0.1, 0.15) is 18.5 Å². The first kappa shape index (κ1) is 14.0. The van der Waals surface area contributed by atoms with E-state index in [1.54, 1.807) is 25.1 Å². The molecule has 0 aliphatic rings. The van der Waals surface area contributed by atoms with Gasteiger partial charge in [0.15, 0.2) is 17.3 Å². The van der Waals surface area contributed by atoms with Crippen molar-refractivity contribution < 1.29 is 18.7 Å². The van der Waals surface area contributed by atoms with Crippen LogP contribution in [0.3, 0.4) is 0 Å². The van der Waals surface area contributed by atoms with Crippen molar-refractivity contribution in [1.82, 2.24) is 5.32 Å². The molecule has 1 aromatic carbocycles. The second-order valence-electron chi connectivity index (χ2n) is 3.71. The molecule has 98 valence electrons. The molecule has 1 rings (SSSR count). The van der Waals surface area contributed by atoms with E-state index >= 15 is 0 Å². The lowest BCUT2D eigenvalue weighted by Crippen LogP contribution is -2.26. The lowest BCUT2D eigenvalue weighted by molar-refractivity contribution is -0.119. The molecule has 0 spiro atoms. The summed E-state index contributed by atoms with van der Waals surface area (Å²) in [5.74, 6) is -0.690. The fourth-order valence-corrected chi connectivity index (χ4v) is 1.48. The van der Waals surface area contributed by atoms with Crippen LogP contribution >= 0.6 is 0 Å².